The zero-order valence-electron chi connectivity index (χ0n) is 11.0. The van der Waals surface area contributed by atoms with Gasteiger partial charge in [0.15, 0.2) is 0 Å². The quantitative estimate of drug-likeness (QED) is 0.552. The van der Waals surface area contributed by atoms with E-state index in [0.717, 1.165) is 6.42 Å². The Balaban J connectivity index is 2.18. The van der Waals surface area contributed by atoms with Crippen molar-refractivity contribution >= 4 is 0 Å². The van der Waals surface area contributed by atoms with E-state index in [4.69, 9.17) is 0 Å². The van der Waals surface area contributed by atoms with E-state index in [1.165, 1.54) is 44.1 Å². The van der Waals surface area contributed by atoms with Crippen LogP contribution in [0.15, 0.2) is 24.3 Å². The fourth-order valence-corrected chi connectivity index (χ4v) is 1.95. The number of aryl methyl sites for hydroxylation is 1. The lowest BCUT2D eigenvalue weighted by molar-refractivity contribution is -0.0498. The summed E-state index contributed by atoms with van der Waals surface area (Å²) in [4.78, 5) is 0. The molecule has 0 aliphatic carbocycles. The molecule has 0 saturated heterocycles. The molecule has 1 nitrogen and oxygen atoms in total. The minimum atomic E-state index is -2.74. The van der Waals surface area contributed by atoms with Crippen LogP contribution in [0, 0.1) is 0 Å². The summed E-state index contributed by atoms with van der Waals surface area (Å²) in [5.74, 6) is 0.233. The van der Waals surface area contributed by atoms with Gasteiger partial charge in [-0.3, -0.25) is 0 Å². The number of hydrogen-bond acceptors (Lipinski definition) is 1. The van der Waals surface area contributed by atoms with Gasteiger partial charge in [-0.2, -0.15) is 8.78 Å². The van der Waals surface area contributed by atoms with E-state index in [-0.39, 0.29) is 5.75 Å². The van der Waals surface area contributed by atoms with Gasteiger partial charge in [0.2, 0.25) is 0 Å². The first kappa shape index (κ1) is 14.9. The Bertz CT molecular complexity index is 309. The van der Waals surface area contributed by atoms with Crippen molar-refractivity contribution in [2.45, 2.75) is 58.5 Å². The second-order valence-electron chi connectivity index (χ2n) is 4.54. The van der Waals surface area contributed by atoms with Gasteiger partial charge < -0.3 is 4.74 Å². The predicted octanol–water partition coefficient (Wildman–Crippen LogP) is 5.19. The summed E-state index contributed by atoms with van der Waals surface area (Å²) >= 11 is 0. The highest BCUT2D eigenvalue weighted by molar-refractivity contribution is 5.27. The molecule has 18 heavy (non-hydrogen) atoms. The van der Waals surface area contributed by atoms with Crippen LogP contribution in [-0.4, -0.2) is 6.61 Å². The Hall–Kier alpha value is -1.12. The molecule has 0 bridgehead atoms. The van der Waals surface area contributed by atoms with Gasteiger partial charge in [-0.1, -0.05) is 51.2 Å². The highest BCUT2D eigenvalue weighted by atomic mass is 19.3. The molecule has 0 aliphatic heterocycles. The van der Waals surface area contributed by atoms with Crippen molar-refractivity contribution in [3.05, 3.63) is 29.8 Å². The molecule has 0 fully saturated rings. The number of alkyl halides is 2. The van der Waals surface area contributed by atoms with Crippen molar-refractivity contribution in [1.82, 2.24) is 0 Å². The maximum Gasteiger partial charge on any atom is 0.387 e. The molecule has 1 rings (SSSR count). The summed E-state index contributed by atoms with van der Waals surface area (Å²) < 4.78 is 28.2. The third-order valence-corrected chi connectivity index (χ3v) is 2.97. The molecular formula is C15H22F2O. The lowest BCUT2D eigenvalue weighted by atomic mass is 10.1. The van der Waals surface area contributed by atoms with Gasteiger partial charge in [-0.15, -0.1) is 0 Å². The van der Waals surface area contributed by atoms with E-state index >= 15 is 0 Å². The highest BCUT2D eigenvalue weighted by Gasteiger charge is 2.03. The number of hydrogen-bond donors (Lipinski definition) is 0. The van der Waals surface area contributed by atoms with Crippen LogP contribution in [0.2, 0.25) is 0 Å². The van der Waals surface area contributed by atoms with E-state index < -0.39 is 6.61 Å². The van der Waals surface area contributed by atoms with Crippen molar-refractivity contribution in [3.8, 4) is 5.75 Å². The second-order valence-corrected chi connectivity index (χ2v) is 4.54. The standard InChI is InChI=1S/C15H22F2O/c1-2-3-4-5-6-7-8-13-9-11-14(12-10-13)18-15(16)17/h9-12,15H,2-8H2,1H3. The van der Waals surface area contributed by atoms with Gasteiger partial charge in [0.25, 0.3) is 0 Å². The van der Waals surface area contributed by atoms with Crippen LogP contribution in [0.25, 0.3) is 0 Å². The van der Waals surface area contributed by atoms with E-state index in [9.17, 15) is 8.78 Å². The third kappa shape index (κ3) is 6.58. The van der Waals surface area contributed by atoms with Crippen LogP contribution < -0.4 is 4.74 Å². The molecule has 1 aromatic rings. The second kappa shape index (κ2) is 8.90. The molecule has 0 amide bonds. The first-order valence-electron chi connectivity index (χ1n) is 6.76. The maximum absolute atomic E-state index is 11.9. The van der Waals surface area contributed by atoms with Gasteiger partial charge in [0.1, 0.15) is 5.75 Å². The summed E-state index contributed by atoms with van der Waals surface area (Å²) in [5.41, 5.74) is 1.19. The van der Waals surface area contributed by atoms with E-state index in [1.807, 2.05) is 12.1 Å². The average Bonchev–Trinajstić information content (AvgIpc) is 2.35. The summed E-state index contributed by atoms with van der Waals surface area (Å²) in [6.45, 7) is -0.530. The zero-order valence-corrected chi connectivity index (χ0v) is 11.0. The van der Waals surface area contributed by atoms with E-state index in [1.54, 1.807) is 12.1 Å². The van der Waals surface area contributed by atoms with Crippen LogP contribution in [0.1, 0.15) is 51.0 Å². The van der Waals surface area contributed by atoms with Crippen molar-refractivity contribution in [1.29, 1.82) is 0 Å². The van der Waals surface area contributed by atoms with Crippen molar-refractivity contribution < 1.29 is 13.5 Å². The van der Waals surface area contributed by atoms with Crippen LogP contribution >= 0.6 is 0 Å². The average molecular weight is 256 g/mol. The largest absolute Gasteiger partial charge is 0.435 e. The molecular weight excluding hydrogens is 234 g/mol. The Labute approximate surface area is 108 Å². The molecule has 0 spiro atoms. The Morgan fingerprint density at radius 1 is 0.944 bits per heavy atom. The van der Waals surface area contributed by atoms with E-state index in [0.29, 0.717) is 0 Å². The monoisotopic (exact) mass is 256 g/mol. The molecule has 0 atom stereocenters. The van der Waals surface area contributed by atoms with Crippen molar-refractivity contribution in [3.63, 3.8) is 0 Å². The van der Waals surface area contributed by atoms with Gasteiger partial charge in [-0.05, 0) is 30.5 Å². The topological polar surface area (TPSA) is 9.23 Å². The summed E-state index contributed by atoms with van der Waals surface area (Å²) in [6, 6.07) is 6.95. The highest BCUT2D eigenvalue weighted by Crippen LogP contribution is 2.16. The number of ether oxygens (including phenoxy) is 1. The number of unbranched alkanes of at least 4 members (excludes halogenated alkanes) is 5. The predicted molar refractivity (Wildman–Crippen MR) is 70.2 cm³/mol. The lowest BCUT2D eigenvalue weighted by Crippen LogP contribution is -2.01. The van der Waals surface area contributed by atoms with Gasteiger partial charge >= 0.3 is 6.61 Å². The van der Waals surface area contributed by atoms with Crippen molar-refractivity contribution in [2.24, 2.45) is 0 Å². The minimum Gasteiger partial charge on any atom is -0.435 e. The molecule has 0 aliphatic rings. The van der Waals surface area contributed by atoms with Gasteiger partial charge in [-0.25, -0.2) is 0 Å². The molecule has 0 heterocycles. The Morgan fingerprint density at radius 2 is 1.56 bits per heavy atom. The number of rotatable bonds is 9. The number of benzene rings is 1. The van der Waals surface area contributed by atoms with E-state index in [2.05, 4.69) is 11.7 Å². The first-order valence-corrected chi connectivity index (χ1v) is 6.76. The fourth-order valence-electron chi connectivity index (χ4n) is 1.95. The smallest absolute Gasteiger partial charge is 0.387 e. The summed E-state index contributed by atoms with van der Waals surface area (Å²) in [5, 5.41) is 0. The van der Waals surface area contributed by atoms with Gasteiger partial charge in [0, 0.05) is 0 Å². The van der Waals surface area contributed by atoms with Crippen molar-refractivity contribution in [2.75, 3.05) is 0 Å². The molecule has 1 aromatic carbocycles. The Kier molecular flexibility index (Phi) is 7.38. The minimum absolute atomic E-state index is 0.233. The normalized spacial score (nSPS) is 10.9. The lowest BCUT2D eigenvalue weighted by Gasteiger charge is -2.06. The van der Waals surface area contributed by atoms with Crippen LogP contribution in [0.3, 0.4) is 0 Å². The number of halogens is 2. The van der Waals surface area contributed by atoms with Gasteiger partial charge in [0.05, 0.1) is 0 Å². The maximum atomic E-state index is 11.9. The molecule has 0 N–H and O–H groups in total. The Morgan fingerprint density at radius 3 is 2.17 bits per heavy atom. The SMILES string of the molecule is CCCCCCCCc1ccc(OC(F)F)cc1. The third-order valence-electron chi connectivity index (χ3n) is 2.97. The fraction of sp³-hybridized carbons (Fsp3) is 0.600. The molecule has 0 aromatic heterocycles. The zero-order chi connectivity index (χ0) is 13.2. The molecule has 3 heteroatoms. The van der Waals surface area contributed by atoms with Crippen LogP contribution in [0.5, 0.6) is 5.75 Å². The molecule has 102 valence electrons. The molecule has 0 radical (unpaired) electrons. The molecule has 0 unspecified atom stereocenters. The van der Waals surface area contributed by atoms with Crippen LogP contribution in [-0.2, 0) is 6.42 Å². The first-order chi connectivity index (χ1) is 8.72. The molecule has 0 saturated carbocycles. The summed E-state index contributed by atoms with van der Waals surface area (Å²) in [7, 11) is 0. The van der Waals surface area contributed by atoms with Crippen LogP contribution in [0.4, 0.5) is 8.78 Å². The summed E-state index contributed by atoms with van der Waals surface area (Å²) in [6.07, 6.45) is 8.62.